The Labute approximate surface area is 76.1 Å². The fraction of sp³-hybridized carbons (Fsp3) is 0.875. The zero-order chi connectivity index (χ0) is 8.81. The van der Waals surface area contributed by atoms with Crippen LogP contribution in [0.25, 0.3) is 0 Å². The summed E-state index contributed by atoms with van der Waals surface area (Å²) in [6.07, 6.45) is 2.23. The van der Waals surface area contributed by atoms with E-state index in [0.29, 0.717) is 0 Å². The number of nitrogens with zero attached hydrogens (tertiary/aromatic N) is 1. The second-order valence-electron chi connectivity index (χ2n) is 2.79. The smallest absolute Gasteiger partial charge is 0.0964 e. The summed E-state index contributed by atoms with van der Waals surface area (Å²) in [5.41, 5.74) is 0. The van der Waals surface area contributed by atoms with Crippen LogP contribution >= 0.6 is 0 Å². The highest BCUT2D eigenvalue weighted by Crippen LogP contribution is 2.00. The molecule has 70 valence electrons. The maximum Gasteiger partial charge on any atom is 0.0964 e. The molecule has 0 aromatic heterocycles. The Hall–Kier alpha value is -0.380. The van der Waals surface area contributed by atoms with Crippen molar-refractivity contribution in [1.82, 2.24) is 5.32 Å². The fourth-order valence-corrected chi connectivity index (χ4v) is 1.76. The van der Waals surface area contributed by atoms with Crippen LogP contribution in [0.2, 0.25) is 0 Å². The highest BCUT2D eigenvalue weighted by molar-refractivity contribution is 7.84. The monoisotopic (exact) mass is 188 g/mol. The third kappa shape index (κ3) is 3.34. The molecule has 1 aliphatic rings. The predicted molar refractivity (Wildman–Crippen MR) is 53.1 cm³/mol. The normalized spacial score (nSPS) is 18.9. The molecule has 0 amide bonds. The third-order valence-electron chi connectivity index (χ3n) is 1.86. The molecule has 0 radical (unpaired) electrons. The average Bonchev–Trinajstić information content (AvgIpc) is 2.57. The standard InChI is InChI=1S/C8H16N2OS/c1-2-12(11)7-6-10-8-4-3-5-9-8/h2-7H2,1H3,(H,9,10). The summed E-state index contributed by atoms with van der Waals surface area (Å²) in [6.45, 7) is 3.71. The van der Waals surface area contributed by atoms with E-state index < -0.39 is 10.8 Å². The highest BCUT2D eigenvalue weighted by Gasteiger charge is 2.04. The van der Waals surface area contributed by atoms with Gasteiger partial charge in [0.15, 0.2) is 0 Å². The van der Waals surface area contributed by atoms with E-state index in [4.69, 9.17) is 0 Å². The summed E-state index contributed by atoms with van der Waals surface area (Å²) in [5, 5.41) is 3.20. The van der Waals surface area contributed by atoms with Crippen LogP contribution in [0.1, 0.15) is 19.8 Å². The fourth-order valence-electron chi connectivity index (χ4n) is 1.14. The van der Waals surface area contributed by atoms with E-state index in [-0.39, 0.29) is 0 Å². The van der Waals surface area contributed by atoms with Gasteiger partial charge in [-0.05, 0) is 6.42 Å². The number of hydrogen-bond donors (Lipinski definition) is 1. The maximum absolute atomic E-state index is 11.0. The van der Waals surface area contributed by atoms with Crippen molar-refractivity contribution in [2.45, 2.75) is 19.8 Å². The minimum absolute atomic E-state index is 0.644. The van der Waals surface area contributed by atoms with Crippen molar-refractivity contribution in [1.29, 1.82) is 0 Å². The van der Waals surface area contributed by atoms with Gasteiger partial charge in [-0.15, -0.1) is 0 Å². The number of aliphatic imine (C=N–C) groups is 1. The van der Waals surface area contributed by atoms with Gasteiger partial charge in [0.2, 0.25) is 0 Å². The number of nitrogens with one attached hydrogen (secondary N) is 1. The van der Waals surface area contributed by atoms with Crippen molar-refractivity contribution < 1.29 is 4.21 Å². The zero-order valence-electron chi connectivity index (χ0n) is 7.51. The Morgan fingerprint density at radius 1 is 1.67 bits per heavy atom. The molecule has 0 spiro atoms. The van der Waals surface area contributed by atoms with Crippen molar-refractivity contribution in [3.8, 4) is 0 Å². The van der Waals surface area contributed by atoms with E-state index in [1.165, 1.54) is 6.42 Å². The Bertz CT molecular complexity index is 191. The molecule has 12 heavy (non-hydrogen) atoms. The van der Waals surface area contributed by atoms with Crippen molar-refractivity contribution >= 4 is 16.6 Å². The van der Waals surface area contributed by atoms with Crippen LogP contribution in [0.5, 0.6) is 0 Å². The second kappa shape index (κ2) is 5.30. The quantitative estimate of drug-likeness (QED) is 0.699. The summed E-state index contributed by atoms with van der Waals surface area (Å²) in [7, 11) is -0.644. The van der Waals surface area contributed by atoms with E-state index in [9.17, 15) is 4.21 Å². The largest absolute Gasteiger partial charge is 0.373 e. The first kappa shape index (κ1) is 9.71. The summed E-state index contributed by atoms with van der Waals surface area (Å²) in [5.74, 6) is 2.60. The van der Waals surface area contributed by atoms with E-state index in [1.807, 2.05) is 6.92 Å². The predicted octanol–water partition coefficient (Wildman–Crippen LogP) is 0.537. The Morgan fingerprint density at radius 2 is 2.50 bits per heavy atom. The first-order valence-corrected chi connectivity index (χ1v) is 5.94. The van der Waals surface area contributed by atoms with E-state index in [0.717, 1.165) is 36.9 Å². The van der Waals surface area contributed by atoms with Gasteiger partial charge in [-0.2, -0.15) is 0 Å². The molecule has 0 saturated heterocycles. The van der Waals surface area contributed by atoms with E-state index in [1.54, 1.807) is 0 Å². The van der Waals surface area contributed by atoms with Gasteiger partial charge in [0.25, 0.3) is 0 Å². The van der Waals surface area contributed by atoms with Crippen LogP contribution < -0.4 is 5.32 Å². The molecule has 3 nitrogen and oxygen atoms in total. The van der Waals surface area contributed by atoms with Gasteiger partial charge in [0.05, 0.1) is 5.84 Å². The average molecular weight is 188 g/mol. The zero-order valence-corrected chi connectivity index (χ0v) is 8.32. The Kier molecular flexibility index (Phi) is 4.29. The molecule has 1 aliphatic heterocycles. The molecule has 0 saturated carbocycles. The maximum atomic E-state index is 11.0. The topological polar surface area (TPSA) is 41.5 Å². The van der Waals surface area contributed by atoms with Gasteiger partial charge in [-0.1, -0.05) is 6.92 Å². The molecule has 0 aromatic carbocycles. The minimum atomic E-state index is -0.644. The van der Waals surface area contributed by atoms with Crippen molar-refractivity contribution in [2.75, 3.05) is 24.6 Å². The van der Waals surface area contributed by atoms with Gasteiger partial charge in [0.1, 0.15) is 0 Å². The highest BCUT2D eigenvalue weighted by atomic mass is 32.2. The van der Waals surface area contributed by atoms with Crippen molar-refractivity contribution in [2.24, 2.45) is 4.99 Å². The van der Waals surface area contributed by atoms with Crippen LogP contribution in [0.4, 0.5) is 0 Å². The van der Waals surface area contributed by atoms with Crippen molar-refractivity contribution in [3.05, 3.63) is 0 Å². The van der Waals surface area contributed by atoms with Gasteiger partial charge in [-0.3, -0.25) is 9.20 Å². The minimum Gasteiger partial charge on any atom is -0.373 e. The molecule has 1 rings (SSSR count). The van der Waals surface area contributed by atoms with Crippen LogP contribution in [0.3, 0.4) is 0 Å². The van der Waals surface area contributed by atoms with Gasteiger partial charge in [0, 0.05) is 41.8 Å². The van der Waals surface area contributed by atoms with Crippen LogP contribution in [-0.4, -0.2) is 34.6 Å². The molecule has 4 heteroatoms. The molecule has 0 aliphatic carbocycles. The van der Waals surface area contributed by atoms with Crippen LogP contribution in [0.15, 0.2) is 4.99 Å². The van der Waals surface area contributed by atoms with Crippen LogP contribution in [0, 0.1) is 0 Å². The van der Waals surface area contributed by atoms with Crippen molar-refractivity contribution in [3.63, 3.8) is 0 Å². The molecule has 0 aromatic rings. The molecule has 1 atom stereocenters. The second-order valence-corrected chi connectivity index (χ2v) is 4.66. The lowest BCUT2D eigenvalue weighted by molar-refractivity contribution is 0.682. The summed E-state index contributed by atoms with van der Waals surface area (Å²) < 4.78 is 11.0. The summed E-state index contributed by atoms with van der Waals surface area (Å²) in [4.78, 5) is 4.26. The molecule has 1 N–H and O–H groups in total. The molecule has 1 unspecified atom stereocenters. The van der Waals surface area contributed by atoms with Crippen LogP contribution in [-0.2, 0) is 10.8 Å². The lowest BCUT2D eigenvalue weighted by Gasteiger charge is -2.03. The van der Waals surface area contributed by atoms with Gasteiger partial charge in [-0.25, -0.2) is 0 Å². The SMILES string of the molecule is CCS(=O)CCNC1=NCCC1. The molecule has 0 bridgehead atoms. The summed E-state index contributed by atoms with van der Waals surface area (Å²) in [6, 6.07) is 0. The number of amidine groups is 1. The Balaban J connectivity index is 2.05. The first-order valence-electron chi connectivity index (χ1n) is 4.45. The lowest BCUT2D eigenvalue weighted by Crippen LogP contribution is -2.26. The molecular weight excluding hydrogens is 172 g/mol. The molecule has 0 fully saturated rings. The van der Waals surface area contributed by atoms with E-state index in [2.05, 4.69) is 10.3 Å². The van der Waals surface area contributed by atoms with Gasteiger partial charge < -0.3 is 5.32 Å². The lowest BCUT2D eigenvalue weighted by atomic mass is 10.3. The first-order chi connectivity index (χ1) is 5.83. The molecular formula is C8H16N2OS. The number of rotatable bonds is 4. The Morgan fingerprint density at radius 3 is 3.08 bits per heavy atom. The summed E-state index contributed by atoms with van der Waals surface area (Å²) >= 11 is 0. The van der Waals surface area contributed by atoms with E-state index >= 15 is 0 Å². The molecule has 1 heterocycles. The van der Waals surface area contributed by atoms with Gasteiger partial charge >= 0.3 is 0 Å². The number of hydrogen-bond acceptors (Lipinski definition) is 3. The third-order valence-corrected chi connectivity index (χ3v) is 3.16.